The lowest BCUT2D eigenvalue weighted by Crippen LogP contribution is -2.45. The van der Waals surface area contributed by atoms with Gasteiger partial charge in [-0.1, -0.05) is 41.9 Å². The Hall–Kier alpha value is -3.27. The minimum Gasteiger partial charge on any atom is -0.497 e. The maximum Gasteiger partial charge on any atom is 0.243 e. The first-order valence-electron chi connectivity index (χ1n) is 10.8. The molecule has 3 aromatic carbocycles. The van der Waals surface area contributed by atoms with E-state index >= 15 is 0 Å². The highest BCUT2D eigenvalue weighted by Gasteiger charge is 2.27. The number of carbonyl (C=O) groups excluding carboxylic acids is 1. The molecule has 0 saturated carbocycles. The average molecular weight is 519 g/mol. The Morgan fingerprint density at radius 3 is 2.34 bits per heavy atom. The minimum atomic E-state index is -4.10. The third kappa shape index (κ3) is 6.88. The molecule has 0 unspecified atom stereocenters. The Morgan fingerprint density at radius 1 is 0.971 bits per heavy atom. The smallest absolute Gasteiger partial charge is 0.243 e. The van der Waals surface area contributed by atoms with E-state index in [-0.39, 0.29) is 16.3 Å². The van der Waals surface area contributed by atoms with E-state index in [2.05, 4.69) is 10.0 Å². The second-order valence-electron chi connectivity index (χ2n) is 7.44. The summed E-state index contributed by atoms with van der Waals surface area (Å²) in [4.78, 5) is 13.2. The van der Waals surface area contributed by atoms with Crippen molar-refractivity contribution >= 4 is 33.2 Å². The first-order valence-corrected chi connectivity index (χ1v) is 12.6. The Bertz CT molecular complexity index is 1270. The van der Waals surface area contributed by atoms with Crippen LogP contribution in [0.5, 0.6) is 17.2 Å². The molecule has 0 bridgehead atoms. The summed E-state index contributed by atoms with van der Waals surface area (Å²) in [5.41, 5.74) is 1.15. The molecule has 10 heteroatoms. The highest BCUT2D eigenvalue weighted by Crippen LogP contribution is 2.30. The van der Waals surface area contributed by atoms with Gasteiger partial charge < -0.3 is 19.5 Å². The quantitative estimate of drug-likeness (QED) is 0.392. The number of rotatable bonds is 11. The number of sulfonamides is 1. The minimum absolute atomic E-state index is 0.0844. The lowest BCUT2D eigenvalue weighted by molar-refractivity contribution is -0.117. The summed E-state index contributed by atoms with van der Waals surface area (Å²) in [6.45, 7) is 2.19. The average Bonchev–Trinajstić information content (AvgIpc) is 2.85. The Labute approximate surface area is 210 Å². The van der Waals surface area contributed by atoms with Gasteiger partial charge in [0.2, 0.25) is 15.9 Å². The number of amides is 1. The Balaban J connectivity index is 1.90. The Morgan fingerprint density at radius 2 is 1.71 bits per heavy atom. The van der Waals surface area contributed by atoms with Crippen molar-refractivity contribution in [1.29, 1.82) is 0 Å². The number of nitrogens with one attached hydrogen (secondary N) is 2. The number of benzene rings is 3. The number of carbonyl (C=O) groups is 1. The molecule has 3 aromatic rings. The molecule has 0 saturated heterocycles. The third-order valence-corrected chi connectivity index (χ3v) is 6.84. The third-order valence-electron chi connectivity index (χ3n) is 5.08. The maximum atomic E-state index is 13.3. The number of halogens is 1. The molecule has 0 aliphatic heterocycles. The van der Waals surface area contributed by atoms with Crippen molar-refractivity contribution in [2.24, 2.45) is 0 Å². The second-order valence-corrected chi connectivity index (χ2v) is 9.57. The normalized spacial score (nSPS) is 12.0. The van der Waals surface area contributed by atoms with Gasteiger partial charge in [-0.3, -0.25) is 4.79 Å². The van der Waals surface area contributed by atoms with Gasteiger partial charge in [-0.05, 0) is 49.2 Å². The van der Waals surface area contributed by atoms with Gasteiger partial charge in [0, 0.05) is 6.07 Å². The van der Waals surface area contributed by atoms with Crippen LogP contribution in [0.25, 0.3) is 0 Å². The van der Waals surface area contributed by atoms with Crippen LogP contribution in [0, 0.1) is 0 Å². The van der Waals surface area contributed by atoms with Crippen LogP contribution in [0.1, 0.15) is 12.5 Å². The molecule has 0 spiro atoms. The number of hydrogen-bond donors (Lipinski definition) is 2. The molecule has 1 amide bonds. The zero-order chi connectivity index (χ0) is 25.4. The zero-order valence-electron chi connectivity index (χ0n) is 19.6. The van der Waals surface area contributed by atoms with Gasteiger partial charge in [0.15, 0.2) is 0 Å². The van der Waals surface area contributed by atoms with E-state index in [1.54, 1.807) is 25.1 Å². The van der Waals surface area contributed by atoms with E-state index < -0.39 is 22.0 Å². The topological polar surface area (TPSA) is 103 Å². The molecule has 0 aliphatic rings. The van der Waals surface area contributed by atoms with E-state index in [9.17, 15) is 13.2 Å². The van der Waals surface area contributed by atoms with E-state index in [1.807, 2.05) is 30.3 Å². The van der Waals surface area contributed by atoms with E-state index in [0.29, 0.717) is 29.5 Å². The van der Waals surface area contributed by atoms with Crippen molar-refractivity contribution < 1.29 is 27.4 Å². The van der Waals surface area contributed by atoms with Crippen LogP contribution in [0.2, 0.25) is 5.02 Å². The van der Waals surface area contributed by atoms with E-state index in [0.717, 1.165) is 5.56 Å². The van der Waals surface area contributed by atoms with Crippen molar-refractivity contribution in [3.63, 3.8) is 0 Å². The van der Waals surface area contributed by atoms with Crippen LogP contribution in [0.4, 0.5) is 5.69 Å². The van der Waals surface area contributed by atoms with Gasteiger partial charge in [-0.25, -0.2) is 8.42 Å². The summed E-state index contributed by atoms with van der Waals surface area (Å²) in [6, 6.07) is 17.0. The van der Waals surface area contributed by atoms with Gasteiger partial charge in [-0.15, -0.1) is 0 Å². The van der Waals surface area contributed by atoms with Crippen LogP contribution >= 0.6 is 11.6 Å². The molecule has 1 atom stereocenters. The van der Waals surface area contributed by atoms with Crippen LogP contribution in [0.15, 0.2) is 71.6 Å². The SMILES string of the molecule is CCOc1ccc(S(=O)(=O)N[C@@H](Cc2ccccc2)C(=O)Nc2ccc(OC)cc2OC)cc1Cl. The summed E-state index contributed by atoms with van der Waals surface area (Å²) in [5.74, 6) is 0.738. The van der Waals surface area contributed by atoms with Gasteiger partial charge >= 0.3 is 0 Å². The standard InChI is InChI=1S/C25H27ClN2O6S/c1-4-34-23-13-11-19(16-20(23)26)35(30,31)28-22(14-17-8-6-5-7-9-17)25(29)27-21-12-10-18(32-2)15-24(21)33-3/h5-13,15-16,22,28H,4,14H2,1-3H3,(H,27,29)/t22-/m0/s1. The molecular weight excluding hydrogens is 492 g/mol. The van der Waals surface area contributed by atoms with Crippen molar-refractivity contribution in [2.45, 2.75) is 24.3 Å². The number of hydrogen-bond acceptors (Lipinski definition) is 6. The Kier molecular flexibility index (Phi) is 8.97. The predicted octanol–water partition coefficient (Wildman–Crippen LogP) is 4.28. The number of methoxy groups -OCH3 is 2. The lowest BCUT2D eigenvalue weighted by Gasteiger charge is -2.20. The molecule has 0 aliphatic carbocycles. The molecule has 8 nitrogen and oxygen atoms in total. The summed E-state index contributed by atoms with van der Waals surface area (Å²) in [7, 11) is -1.12. The summed E-state index contributed by atoms with van der Waals surface area (Å²) >= 11 is 6.19. The van der Waals surface area contributed by atoms with Crippen LogP contribution in [-0.2, 0) is 21.2 Å². The first kappa shape index (κ1) is 26.3. The molecular formula is C25H27ClN2O6S. The zero-order valence-corrected chi connectivity index (χ0v) is 21.2. The fourth-order valence-electron chi connectivity index (χ4n) is 3.34. The largest absolute Gasteiger partial charge is 0.497 e. The van der Waals surface area contributed by atoms with Crippen LogP contribution in [0.3, 0.4) is 0 Å². The lowest BCUT2D eigenvalue weighted by atomic mass is 10.1. The molecule has 35 heavy (non-hydrogen) atoms. The van der Waals surface area contributed by atoms with Crippen molar-refractivity contribution in [3.8, 4) is 17.2 Å². The molecule has 0 aromatic heterocycles. The molecule has 3 rings (SSSR count). The van der Waals surface area contributed by atoms with Crippen molar-refractivity contribution in [2.75, 3.05) is 26.1 Å². The van der Waals surface area contributed by atoms with E-state index in [4.69, 9.17) is 25.8 Å². The van der Waals surface area contributed by atoms with E-state index in [1.165, 1.54) is 32.4 Å². The molecule has 0 heterocycles. The fraction of sp³-hybridized carbons (Fsp3) is 0.240. The highest BCUT2D eigenvalue weighted by atomic mass is 35.5. The van der Waals surface area contributed by atoms with Gasteiger partial charge in [0.25, 0.3) is 0 Å². The van der Waals surface area contributed by atoms with Crippen molar-refractivity contribution in [1.82, 2.24) is 4.72 Å². The summed E-state index contributed by atoms with van der Waals surface area (Å²) < 4.78 is 44.8. The molecule has 2 N–H and O–H groups in total. The first-order chi connectivity index (χ1) is 16.8. The van der Waals surface area contributed by atoms with Crippen LogP contribution < -0.4 is 24.2 Å². The highest BCUT2D eigenvalue weighted by molar-refractivity contribution is 7.89. The van der Waals surface area contributed by atoms with Gasteiger partial charge in [0.05, 0.1) is 36.4 Å². The maximum absolute atomic E-state index is 13.3. The van der Waals surface area contributed by atoms with Gasteiger partial charge in [0.1, 0.15) is 23.3 Å². The van der Waals surface area contributed by atoms with Crippen molar-refractivity contribution in [3.05, 3.63) is 77.3 Å². The summed E-state index contributed by atoms with van der Waals surface area (Å²) in [6.07, 6.45) is 0.120. The molecule has 186 valence electrons. The number of ether oxygens (including phenoxy) is 3. The van der Waals surface area contributed by atoms with Gasteiger partial charge in [-0.2, -0.15) is 4.72 Å². The predicted molar refractivity (Wildman–Crippen MR) is 135 cm³/mol. The number of anilines is 1. The summed E-state index contributed by atoms with van der Waals surface area (Å²) in [5, 5.41) is 2.91. The fourth-order valence-corrected chi connectivity index (χ4v) is 4.86. The molecule has 0 fully saturated rings. The molecule has 0 radical (unpaired) electrons. The monoisotopic (exact) mass is 518 g/mol. The van der Waals surface area contributed by atoms with Crippen LogP contribution in [-0.4, -0.2) is 41.2 Å². The second kappa shape index (κ2) is 11.9.